The molecule has 0 radical (unpaired) electrons. The summed E-state index contributed by atoms with van der Waals surface area (Å²) in [6.07, 6.45) is 11.5. The van der Waals surface area contributed by atoms with Crippen molar-refractivity contribution >= 4 is 0 Å². The third kappa shape index (κ3) is 5.14. The van der Waals surface area contributed by atoms with Gasteiger partial charge in [0.1, 0.15) is 0 Å². The van der Waals surface area contributed by atoms with Crippen molar-refractivity contribution in [3.8, 4) is 0 Å². The monoisotopic (exact) mass is 289 g/mol. The summed E-state index contributed by atoms with van der Waals surface area (Å²) >= 11 is 0. The van der Waals surface area contributed by atoms with Gasteiger partial charge < -0.3 is 5.73 Å². The predicted molar refractivity (Wildman–Crippen MR) is 94.7 cm³/mol. The lowest BCUT2D eigenvalue weighted by molar-refractivity contribution is 0.297. The Bertz CT molecular complexity index is 353. The van der Waals surface area contributed by atoms with E-state index in [1.807, 2.05) is 0 Å². The lowest BCUT2D eigenvalue weighted by atomic mass is 9.69. The van der Waals surface area contributed by atoms with Crippen molar-refractivity contribution in [1.29, 1.82) is 0 Å². The molecular formula is C20H35N. The van der Waals surface area contributed by atoms with Gasteiger partial charge in [-0.05, 0) is 24.8 Å². The smallest absolute Gasteiger partial charge is 0.0136 e. The van der Waals surface area contributed by atoms with Crippen LogP contribution in [0.1, 0.15) is 84.1 Å². The highest BCUT2D eigenvalue weighted by Gasteiger charge is 2.34. The van der Waals surface area contributed by atoms with Gasteiger partial charge in [0.15, 0.2) is 0 Å². The van der Waals surface area contributed by atoms with Gasteiger partial charge in [0.25, 0.3) is 0 Å². The predicted octanol–water partition coefficient (Wildman–Crippen LogP) is 5.82. The molecule has 0 heterocycles. The van der Waals surface area contributed by atoms with Crippen LogP contribution in [0.25, 0.3) is 0 Å². The number of unbranched alkanes of at least 4 members (excludes halogenated alkanes) is 5. The molecule has 0 spiro atoms. The molecule has 0 aliphatic carbocycles. The number of nitrogens with two attached hydrogens (primary N) is 1. The molecule has 0 saturated heterocycles. The van der Waals surface area contributed by atoms with Crippen LogP contribution in [-0.2, 0) is 5.41 Å². The fraction of sp³-hybridized carbons (Fsp3) is 0.700. The lowest BCUT2D eigenvalue weighted by Gasteiger charge is -2.38. The van der Waals surface area contributed by atoms with E-state index in [0.717, 1.165) is 19.3 Å². The summed E-state index contributed by atoms with van der Waals surface area (Å²) in [6.45, 7) is 6.85. The third-order valence-electron chi connectivity index (χ3n) is 5.19. The number of rotatable bonds is 11. The molecule has 1 nitrogen and oxygen atoms in total. The van der Waals surface area contributed by atoms with E-state index in [2.05, 4.69) is 51.1 Å². The normalized spacial score (nSPS) is 13.3. The summed E-state index contributed by atoms with van der Waals surface area (Å²) in [7, 11) is 0. The van der Waals surface area contributed by atoms with Gasteiger partial charge in [0.2, 0.25) is 0 Å². The molecule has 1 aromatic carbocycles. The molecule has 0 aromatic heterocycles. The first-order chi connectivity index (χ1) is 10.2. The lowest BCUT2D eigenvalue weighted by Crippen LogP contribution is -2.44. The van der Waals surface area contributed by atoms with Crippen LogP contribution >= 0.6 is 0 Å². The highest BCUT2D eigenvalue weighted by Crippen LogP contribution is 2.36. The quantitative estimate of drug-likeness (QED) is 0.510. The second kappa shape index (κ2) is 10.00. The number of hydrogen-bond donors (Lipinski definition) is 1. The molecule has 0 saturated carbocycles. The fourth-order valence-electron chi connectivity index (χ4n) is 3.59. The Morgan fingerprint density at radius 2 is 1.43 bits per heavy atom. The highest BCUT2D eigenvalue weighted by atomic mass is 14.7. The summed E-state index contributed by atoms with van der Waals surface area (Å²) in [5.74, 6) is 0. The molecule has 21 heavy (non-hydrogen) atoms. The van der Waals surface area contributed by atoms with Crippen molar-refractivity contribution in [3.63, 3.8) is 0 Å². The SMILES string of the molecule is CCCCCCCCC(N)C(CC)(CC)c1ccccc1. The third-order valence-corrected chi connectivity index (χ3v) is 5.19. The van der Waals surface area contributed by atoms with Crippen molar-refractivity contribution in [2.45, 2.75) is 90.0 Å². The summed E-state index contributed by atoms with van der Waals surface area (Å²) < 4.78 is 0. The molecular weight excluding hydrogens is 254 g/mol. The summed E-state index contributed by atoms with van der Waals surface area (Å²) in [5, 5.41) is 0. The van der Waals surface area contributed by atoms with Crippen LogP contribution in [0.4, 0.5) is 0 Å². The first-order valence-electron chi connectivity index (χ1n) is 9.02. The summed E-state index contributed by atoms with van der Waals surface area (Å²) in [5.41, 5.74) is 8.23. The Morgan fingerprint density at radius 1 is 0.857 bits per heavy atom. The molecule has 1 unspecified atom stereocenters. The van der Waals surface area contributed by atoms with Gasteiger partial charge in [-0.1, -0.05) is 89.6 Å². The zero-order valence-corrected chi connectivity index (χ0v) is 14.4. The van der Waals surface area contributed by atoms with Crippen molar-refractivity contribution in [3.05, 3.63) is 35.9 Å². The number of hydrogen-bond acceptors (Lipinski definition) is 1. The molecule has 1 aromatic rings. The maximum Gasteiger partial charge on any atom is 0.0136 e. The first kappa shape index (κ1) is 18.2. The van der Waals surface area contributed by atoms with Crippen LogP contribution in [0.3, 0.4) is 0 Å². The van der Waals surface area contributed by atoms with Gasteiger partial charge in [0, 0.05) is 11.5 Å². The maximum absolute atomic E-state index is 6.65. The molecule has 1 heteroatoms. The van der Waals surface area contributed by atoms with E-state index in [-0.39, 0.29) is 11.5 Å². The average molecular weight is 290 g/mol. The Morgan fingerprint density at radius 3 is 2.00 bits per heavy atom. The van der Waals surface area contributed by atoms with E-state index in [1.165, 1.54) is 44.1 Å². The minimum absolute atomic E-state index is 0.157. The maximum atomic E-state index is 6.65. The second-order valence-electron chi connectivity index (χ2n) is 6.39. The Hall–Kier alpha value is -0.820. The van der Waals surface area contributed by atoms with Crippen molar-refractivity contribution in [2.24, 2.45) is 5.73 Å². The molecule has 0 bridgehead atoms. The topological polar surface area (TPSA) is 26.0 Å². The Kier molecular flexibility index (Phi) is 8.68. The first-order valence-corrected chi connectivity index (χ1v) is 9.02. The van der Waals surface area contributed by atoms with Crippen LogP contribution in [0.5, 0.6) is 0 Å². The largest absolute Gasteiger partial charge is 0.327 e. The van der Waals surface area contributed by atoms with Gasteiger partial charge in [-0.2, -0.15) is 0 Å². The van der Waals surface area contributed by atoms with Crippen molar-refractivity contribution < 1.29 is 0 Å². The van der Waals surface area contributed by atoms with Crippen LogP contribution < -0.4 is 5.73 Å². The van der Waals surface area contributed by atoms with Crippen LogP contribution in [-0.4, -0.2) is 6.04 Å². The van der Waals surface area contributed by atoms with E-state index >= 15 is 0 Å². The molecule has 0 fully saturated rings. The standard InChI is InChI=1S/C20H35N/c1-4-7-8-9-10-14-17-19(21)20(5-2,6-3)18-15-12-11-13-16-18/h11-13,15-16,19H,4-10,14,17,21H2,1-3H3. The summed E-state index contributed by atoms with van der Waals surface area (Å²) in [6, 6.07) is 11.2. The van der Waals surface area contributed by atoms with E-state index in [1.54, 1.807) is 0 Å². The molecule has 1 rings (SSSR count). The zero-order valence-electron chi connectivity index (χ0n) is 14.4. The van der Waals surface area contributed by atoms with Gasteiger partial charge in [-0.15, -0.1) is 0 Å². The van der Waals surface area contributed by atoms with Gasteiger partial charge in [0.05, 0.1) is 0 Å². The minimum Gasteiger partial charge on any atom is -0.327 e. The zero-order chi connectivity index (χ0) is 15.6. The van der Waals surface area contributed by atoms with E-state index < -0.39 is 0 Å². The average Bonchev–Trinajstić information content (AvgIpc) is 2.53. The van der Waals surface area contributed by atoms with Gasteiger partial charge >= 0.3 is 0 Å². The minimum atomic E-state index is 0.157. The van der Waals surface area contributed by atoms with Crippen LogP contribution in [0, 0.1) is 0 Å². The Labute approximate surface area is 132 Å². The van der Waals surface area contributed by atoms with E-state index in [4.69, 9.17) is 5.73 Å². The highest BCUT2D eigenvalue weighted by molar-refractivity contribution is 5.27. The molecule has 0 aliphatic heterocycles. The van der Waals surface area contributed by atoms with Crippen LogP contribution in [0.2, 0.25) is 0 Å². The van der Waals surface area contributed by atoms with Gasteiger partial charge in [-0.3, -0.25) is 0 Å². The van der Waals surface area contributed by atoms with E-state index in [0.29, 0.717) is 0 Å². The molecule has 120 valence electrons. The van der Waals surface area contributed by atoms with E-state index in [9.17, 15) is 0 Å². The van der Waals surface area contributed by atoms with Gasteiger partial charge in [-0.25, -0.2) is 0 Å². The van der Waals surface area contributed by atoms with Crippen molar-refractivity contribution in [2.75, 3.05) is 0 Å². The summed E-state index contributed by atoms with van der Waals surface area (Å²) in [4.78, 5) is 0. The molecule has 2 N–H and O–H groups in total. The molecule has 0 aliphatic rings. The van der Waals surface area contributed by atoms with Crippen molar-refractivity contribution in [1.82, 2.24) is 0 Å². The second-order valence-corrected chi connectivity index (χ2v) is 6.39. The number of benzene rings is 1. The van der Waals surface area contributed by atoms with Crippen LogP contribution in [0.15, 0.2) is 30.3 Å². The molecule has 1 atom stereocenters. The Balaban J connectivity index is 2.56. The molecule has 0 amide bonds. The fourth-order valence-corrected chi connectivity index (χ4v) is 3.59.